The van der Waals surface area contributed by atoms with Crippen molar-refractivity contribution in [2.45, 2.75) is 6.61 Å². The van der Waals surface area contributed by atoms with Crippen molar-refractivity contribution in [2.75, 3.05) is 5.73 Å². The SMILES string of the molecule is Nc1ccc(COc2c(Br)cc(Br)cc2Br)cc1. The average molecular weight is 436 g/mol. The third-order valence-corrected chi connectivity index (χ3v) is 3.96. The van der Waals surface area contributed by atoms with E-state index in [1.807, 2.05) is 36.4 Å². The number of hydrogen-bond donors (Lipinski definition) is 1. The molecule has 0 aliphatic rings. The molecule has 0 aliphatic carbocycles. The second kappa shape index (κ2) is 6.08. The fourth-order valence-corrected chi connectivity index (χ4v) is 3.92. The second-order valence-electron chi connectivity index (χ2n) is 3.73. The van der Waals surface area contributed by atoms with Crippen LogP contribution >= 0.6 is 47.8 Å². The minimum absolute atomic E-state index is 0.499. The summed E-state index contributed by atoms with van der Waals surface area (Å²) in [6.45, 7) is 0.499. The number of anilines is 1. The van der Waals surface area contributed by atoms with Crippen LogP contribution in [0.1, 0.15) is 5.56 Å². The molecule has 2 aromatic carbocycles. The van der Waals surface area contributed by atoms with Crippen LogP contribution in [0, 0.1) is 0 Å². The van der Waals surface area contributed by atoms with Gasteiger partial charge < -0.3 is 10.5 Å². The molecule has 18 heavy (non-hydrogen) atoms. The molecule has 0 aromatic heterocycles. The number of halogens is 3. The zero-order chi connectivity index (χ0) is 13.1. The lowest BCUT2D eigenvalue weighted by atomic mass is 10.2. The lowest BCUT2D eigenvalue weighted by Crippen LogP contribution is -1.97. The molecule has 0 radical (unpaired) electrons. The van der Waals surface area contributed by atoms with Gasteiger partial charge in [-0.3, -0.25) is 0 Å². The lowest BCUT2D eigenvalue weighted by Gasteiger charge is -2.11. The zero-order valence-electron chi connectivity index (χ0n) is 9.29. The van der Waals surface area contributed by atoms with E-state index in [9.17, 15) is 0 Å². The number of hydrogen-bond acceptors (Lipinski definition) is 2. The van der Waals surface area contributed by atoms with Gasteiger partial charge >= 0.3 is 0 Å². The normalized spacial score (nSPS) is 10.4. The fourth-order valence-electron chi connectivity index (χ4n) is 1.44. The molecule has 5 heteroatoms. The standard InChI is InChI=1S/C13H10Br3NO/c14-9-5-11(15)13(12(16)6-9)18-7-8-1-3-10(17)4-2-8/h1-6H,7,17H2. The maximum absolute atomic E-state index is 5.79. The first kappa shape index (κ1) is 13.9. The maximum atomic E-state index is 5.79. The third-order valence-electron chi connectivity index (χ3n) is 2.33. The Bertz CT molecular complexity index is 532. The van der Waals surface area contributed by atoms with Crippen LogP contribution in [-0.2, 0) is 6.61 Å². The van der Waals surface area contributed by atoms with Crippen LogP contribution in [-0.4, -0.2) is 0 Å². The van der Waals surface area contributed by atoms with Crippen molar-refractivity contribution in [1.29, 1.82) is 0 Å². The van der Waals surface area contributed by atoms with Crippen molar-refractivity contribution in [3.63, 3.8) is 0 Å². The molecule has 2 aromatic rings. The molecule has 0 amide bonds. The highest BCUT2D eigenvalue weighted by molar-refractivity contribution is 9.11. The molecule has 2 N–H and O–H groups in total. The molecule has 0 fully saturated rings. The highest BCUT2D eigenvalue weighted by atomic mass is 79.9. The number of nitrogen functional groups attached to an aromatic ring is 1. The minimum Gasteiger partial charge on any atom is -0.487 e. The molecule has 0 aliphatic heterocycles. The van der Waals surface area contributed by atoms with E-state index in [0.29, 0.717) is 6.61 Å². The summed E-state index contributed by atoms with van der Waals surface area (Å²) in [5.74, 6) is 0.787. The molecule has 0 spiro atoms. The monoisotopic (exact) mass is 433 g/mol. The van der Waals surface area contributed by atoms with Crippen LogP contribution in [0.3, 0.4) is 0 Å². The summed E-state index contributed by atoms with van der Waals surface area (Å²) in [4.78, 5) is 0. The van der Waals surface area contributed by atoms with Gasteiger partial charge in [0.25, 0.3) is 0 Å². The summed E-state index contributed by atoms with van der Waals surface area (Å²) in [5.41, 5.74) is 7.47. The van der Waals surface area contributed by atoms with E-state index in [4.69, 9.17) is 10.5 Å². The summed E-state index contributed by atoms with van der Waals surface area (Å²) < 4.78 is 8.58. The van der Waals surface area contributed by atoms with E-state index in [-0.39, 0.29) is 0 Å². The van der Waals surface area contributed by atoms with Crippen LogP contribution in [0.15, 0.2) is 49.8 Å². The number of rotatable bonds is 3. The number of benzene rings is 2. The Morgan fingerprint density at radius 1 is 0.944 bits per heavy atom. The van der Waals surface area contributed by atoms with Crippen LogP contribution in [0.25, 0.3) is 0 Å². The smallest absolute Gasteiger partial charge is 0.148 e. The quantitative estimate of drug-likeness (QED) is 0.678. The number of nitrogens with two attached hydrogens (primary N) is 1. The van der Waals surface area contributed by atoms with E-state index in [1.54, 1.807) is 0 Å². The molecule has 0 atom stereocenters. The van der Waals surface area contributed by atoms with E-state index in [2.05, 4.69) is 47.8 Å². The first-order valence-corrected chi connectivity index (χ1v) is 7.56. The predicted octanol–water partition coefficient (Wildman–Crippen LogP) is 5.14. The Morgan fingerprint density at radius 2 is 1.50 bits per heavy atom. The van der Waals surface area contributed by atoms with Gasteiger partial charge in [-0.15, -0.1) is 0 Å². The van der Waals surface area contributed by atoms with Gasteiger partial charge in [0.05, 0.1) is 8.95 Å². The van der Waals surface area contributed by atoms with Gasteiger partial charge in [-0.1, -0.05) is 28.1 Å². The van der Waals surface area contributed by atoms with E-state index < -0.39 is 0 Å². The highest BCUT2D eigenvalue weighted by Crippen LogP contribution is 2.36. The van der Waals surface area contributed by atoms with Gasteiger partial charge in [0.1, 0.15) is 12.4 Å². The van der Waals surface area contributed by atoms with Gasteiger partial charge in [0, 0.05) is 10.2 Å². The Kier molecular flexibility index (Phi) is 4.70. The van der Waals surface area contributed by atoms with Gasteiger partial charge in [-0.2, -0.15) is 0 Å². The molecular formula is C13H10Br3NO. The zero-order valence-corrected chi connectivity index (χ0v) is 14.0. The summed E-state index contributed by atoms with van der Waals surface area (Å²) in [5, 5.41) is 0. The highest BCUT2D eigenvalue weighted by Gasteiger charge is 2.08. The Labute approximate surface area is 131 Å². The molecule has 94 valence electrons. The number of ether oxygens (including phenoxy) is 1. The molecule has 0 heterocycles. The Balaban J connectivity index is 2.13. The Morgan fingerprint density at radius 3 is 2.06 bits per heavy atom. The maximum Gasteiger partial charge on any atom is 0.148 e. The summed E-state index contributed by atoms with van der Waals surface area (Å²) >= 11 is 10.4. The van der Waals surface area contributed by atoms with Crippen molar-refractivity contribution >= 4 is 53.5 Å². The van der Waals surface area contributed by atoms with Crippen LogP contribution < -0.4 is 10.5 Å². The largest absolute Gasteiger partial charge is 0.487 e. The van der Waals surface area contributed by atoms with Gasteiger partial charge in [0.2, 0.25) is 0 Å². The first-order chi connectivity index (χ1) is 8.56. The first-order valence-electron chi connectivity index (χ1n) is 5.18. The van der Waals surface area contributed by atoms with Gasteiger partial charge in [-0.05, 0) is 61.7 Å². The topological polar surface area (TPSA) is 35.2 Å². The van der Waals surface area contributed by atoms with Crippen molar-refractivity contribution in [3.05, 3.63) is 55.4 Å². The van der Waals surface area contributed by atoms with Crippen molar-refractivity contribution in [1.82, 2.24) is 0 Å². The van der Waals surface area contributed by atoms with Crippen LogP contribution in [0.4, 0.5) is 5.69 Å². The van der Waals surface area contributed by atoms with Crippen molar-refractivity contribution < 1.29 is 4.74 Å². The van der Waals surface area contributed by atoms with Gasteiger partial charge in [-0.25, -0.2) is 0 Å². The minimum atomic E-state index is 0.499. The Hall–Kier alpha value is -0.520. The molecular weight excluding hydrogens is 426 g/mol. The fraction of sp³-hybridized carbons (Fsp3) is 0.0769. The third kappa shape index (κ3) is 3.49. The molecule has 0 unspecified atom stereocenters. The lowest BCUT2D eigenvalue weighted by molar-refractivity contribution is 0.302. The molecule has 0 saturated carbocycles. The second-order valence-corrected chi connectivity index (χ2v) is 6.35. The predicted molar refractivity (Wildman–Crippen MR) is 84.7 cm³/mol. The average Bonchev–Trinajstić information content (AvgIpc) is 2.30. The van der Waals surface area contributed by atoms with Gasteiger partial charge in [0.15, 0.2) is 0 Å². The molecule has 0 saturated heterocycles. The van der Waals surface area contributed by atoms with Crippen LogP contribution in [0.5, 0.6) is 5.75 Å². The molecule has 2 nitrogen and oxygen atoms in total. The van der Waals surface area contributed by atoms with Crippen molar-refractivity contribution in [2.24, 2.45) is 0 Å². The summed E-state index contributed by atoms with van der Waals surface area (Å²) in [7, 11) is 0. The van der Waals surface area contributed by atoms with Crippen LogP contribution in [0.2, 0.25) is 0 Å². The molecule has 0 bridgehead atoms. The van der Waals surface area contributed by atoms with Crippen molar-refractivity contribution in [3.8, 4) is 5.75 Å². The van der Waals surface area contributed by atoms with E-state index >= 15 is 0 Å². The van der Waals surface area contributed by atoms with E-state index in [0.717, 1.165) is 30.4 Å². The summed E-state index contributed by atoms with van der Waals surface area (Å²) in [6, 6.07) is 11.5. The van der Waals surface area contributed by atoms with E-state index in [1.165, 1.54) is 0 Å². The molecule has 2 rings (SSSR count). The summed E-state index contributed by atoms with van der Waals surface area (Å²) in [6.07, 6.45) is 0.